The van der Waals surface area contributed by atoms with Crippen LogP contribution in [0.1, 0.15) is 19.3 Å². The van der Waals surface area contributed by atoms with Crippen LogP contribution in [-0.4, -0.2) is 54.9 Å². The minimum atomic E-state index is -0.645. The quantitative estimate of drug-likeness (QED) is 0.757. The van der Waals surface area contributed by atoms with Gasteiger partial charge in [0.05, 0.1) is 11.4 Å². The van der Waals surface area contributed by atoms with E-state index in [2.05, 4.69) is 15.2 Å². The Hall–Kier alpha value is -3.68. The first-order valence-electron chi connectivity index (χ1n) is 10.5. The molecule has 0 aromatic heterocycles. The molecule has 8 nitrogen and oxygen atoms in total. The van der Waals surface area contributed by atoms with Crippen LogP contribution in [0.15, 0.2) is 65.7 Å². The van der Waals surface area contributed by atoms with Gasteiger partial charge in [-0.1, -0.05) is 36.4 Å². The molecule has 0 bridgehead atoms. The zero-order chi connectivity index (χ0) is 21.6. The maximum absolute atomic E-state index is 12.6. The summed E-state index contributed by atoms with van der Waals surface area (Å²) in [5.41, 5.74) is 0.918. The zero-order valence-electron chi connectivity index (χ0n) is 17.2. The number of fused-ring (bicyclic) bond motifs is 1. The normalized spacial score (nSPS) is 18.5. The number of guanidine groups is 1. The Labute approximate surface area is 181 Å². The molecule has 3 aliphatic rings. The molecule has 2 aromatic rings. The standard InChI is InChI=1S/C16H12N2O3.C7H13N3/c19-14-11-15(20)18(13-9-5-2-6-10-13)16(21)17(14)12-7-3-1-4-8-12;1-3-8-7-9-4-2-6-10(7)5-1/h1-10H,11H2;1-6H2,(H,8,9). The van der Waals surface area contributed by atoms with Crippen LogP contribution in [0.25, 0.3) is 0 Å². The van der Waals surface area contributed by atoms with Crippen molar-refractivity contribution in [3.8, 4) is 0 Å². The Balaban J connectivity index is 0.000000192. The molecule has 4 amide bonds. The molecule has 1 N–H and O–H groups in total. The minimum Gasteiger partial charge on any atom is -0.356 e. The van der Waals surface area contributed by atoms with Gasteiger partial charge in [-0.15, -0.1) is 0 Å². The van der Waals surface area contributed by atoms with Crippen LogP contribution in [-0.2, 0) is 9.59 Å². The molecule has 0 unspecified atom stereocenters. The van der Waals surface area contributed by atoms with Gasteiger partial charge in [-0.25, -0.2) is 14.6 Å². The lowest BCUT2D eigenvalue weighted by Crippen LogP contribution is -2.55. The summed E-state index contributed by atoms with van der Waals surface area (Å²) >= 11 is 0. The predicted octanol–water partition coefficient (Wildman–Crippen LogP) is 2.62. The van der Waals surface area contributed by atoms with Gasteiger partial charge >= 0.3 is 6.03 Å². The van der Waals surface area contributed by atoms with Gasteiger partial charge in [-0.3, -0.25) is 14.6 Å². The number of benzene rings is 2. The third-order valence-electron chi connectivity index (χ3n) is 5.25. The molecule has 2 saturated heterocycles. The highest BCUT2D eigenvalue weighted by Gasteiger charge is 2.39. The molecule has 31 heavy (non-hydrogen) atoms. The molecule has 0 atom stereocenters. The van der Waals surface area contributed by atoms with Crippen molar-refractivity contribution in [3.63, 3.8) is 0 Å². The lowest BCUT2D eigenvalue weighted by Gasteiger charge is -2.33. The van der Waals surface area contributed by atoms with Crippen LogP contribution in [0.4, 0.5) is 16.2 Å². The van der Waals surface area contributed by atoms with E-state index in [0.29, 0.717) is 11.4 Å². The Morgan fingerprint density at radius 2 is 1.29 bits per heavy atom. The summed E-state index contributed by atoms with van der Waals surface area (Å²) < 4.78 is 0. The maximum atomic E-state index is 12.6. The number of carbonyl (C=O) groups is 3. The summed E-state index contributed by atoms with van der Waals surface area (Å²) in [6, 6.07) is 16.5. The maximum Gasteiger partial charge on any atom is 0.342 e. The molecule has 0 spiro atoms. The van der Waals surface area contributed by atoms with Gasteiger partial charge in [0.1, 0.15) is 6.42 Å². The number of hydrogen-bond donors (Lipinski definition) is 1. The van der Waals surface area contributed by atoms with Crippen molar-refractivity contribution in [1.82, 2.24) is 10.2 Å². The van der Waals surface area contributed by atoms with E-state index in [-0.39, 0.29) is 6.42 Å². The van der Waals surface area contributed by atoms with Crippen molar-refractivity contribution in [1.29, 1.82) is 0 Å². The number of nitrogens with one attached hydrogen (secondary N) is 1. The lowest BCUT2D eigenvalue weighted by atomic mass is 10.2. The molecule has 160 valence electrons. The van der Waals surface area contributed by atoms with Crippen molar-refractivity contribution in [3.05, 3.63) is 60.7 Å². The van der Waals surface area contributed by atoms with Crippen LogP contribution in [0, 0.1) is 0 Å². The fourth-order valence-corrected chi connectivity index (χ4v) is 3.77. The molecule has 0 radical (unpaired) electrons. The van der Waals surface area contributed by atoms with E-state index in [1.54, 1.807) is 60.7 Å². The van der Waals surface area contributed by atoms with Crippen molar-refractivity contribution in [2.24, 2.45) is 4.99 Å². The van der Waals surface area contributed by atoms with E-state index in [1.165, 1.54) is 25.9 Å². The first-order chi connectivity index (χ1) is 15.1. The Morgan fingerprint density at radius 1 is 0.742 bits per heavy atom. The van der Waals surface area contributed by atoms with Gasteiger partial charge in [-0.05, 0) is 37.1 Å². The Kier molecular flexibility index (Phi) is 6.26. The van der Waals surface area contributed by atoms with E-state index in [9.17, 15) is 14.4 Å². The highest BCUT2D eigenvalue weighted by molar-refractivity contribution is 6.35. The fourth-order valence-electron chi connectivity index (χ4n) is 3.77. The molecule has 2 aromatic carbocycles. The average Bonchev–Trinajstić information content (AvgIpc) is 2.81. The number of imide groups is 2. The second kappa shape index (κ2) is 9.42. The SMILES string of the molecule is C1CN=C2NCCCN2C1.O=C1CC(=O)N(c2ccccc2)C(=O)N1c1ccccc1. The van der Waals surface area contributed by atoms with Crippen LogP contribution in [0.5, 0.6) is 0 Å². The average molecular weight is 419 g/mol. The number of hydrogen-bond acceptors (Lipinski definition) is 6. The van der Waals surface area contributed by atoms with Crippen molar-refractivity contribution >= 4 is 35.2 Å². The summed E-state index contributed by atoms with van der Waals surface area (Å²) in [6.07, 6.45) is 2.17. The van der Waals surface area contributed by atoms with Crippen molar-refractivity contribution in [2.45, 2.75) is 19.3 Å². The highest BCUT2D eigenvalue weighted by Crippen LogP contribution is 2.25. The fraction of sp³-hybridized carbons (Fsp3) is 0.304. The van der Waals surface area contributed by atoms with Gasteiger partial charge in [0.15, 0.2) is 5.96 Å². The molecule has 5 rings (SSSR count). The molecule has 8 heteroatoms. The summed E-state index contributed by atoms with van der Waals surface area (Å²) in [6.45, 7) is 4.52. The molecular formula is C23H25N5O3. The number of aliphatic imine (C=N–C) groups is 1. The summed E-state index contributed by atoms with van der Waals surface area (Å²) in [4.78, 5) is 45.5. The summed E-state index contributed by atoms with van der Waals surface area (Å²) in [7, 11) is 0. The number of carbonyl (C=O) groups excluding carboxylic acids is 3. The van der Waals surface area contributed by atoms with Gasteiger partial charge in [0.2, 0.25) is 11.8 Å². The smallest absolute Gasteiger partial charge is 0.342 e. The van der Waals surface area contributed by atoms with Gasteiger partial charge < -0.3 is 10.2 Å². The molecular weight excluding hydrogens is 394 g/mol. The summed E-state index contributed by atoms with van der Waals surface area (Å²) in [5, 5.41) is 3.30. The predicted molar refractivity (Wildman–Crippen MR) is 119 cm³/mol. The first kappa shape index (κ1) is 20.6. The molecule has 0 saturated carbocycles. The van der Waals surface area contributed by atoms with Crippen LogP contribution < -0.4 is 15.1 Å². The van der Waals surface area contributed by atoms with Gasteiger partial charge in [0, 0.05) is 26.2 Å². The lowest BCUT2D eigenvalue weighted by molar-refractivity contribution is -0.126. The molecule has 3 heterocycles. The van der Waals surface area contributed by atoms with Crippen LogP contribution in [0.3, 0.4) is 0 Å². The number of barbiturate groups is 1. The summed E-state index contributed by atoms with van der Waals surface area (Å²) in [5.74, 6) is 0.115. The molecule has 3 aliphatic heterocycles. The van der Waals surface area contributed by atoms with Gasteiger partial charge in [-0.2, -0.15) is 0 Å². The highest BCUT2D eigenvalue weighted by atomic mass is 16.2. The topological polar surface area (TPSA) is 85.3 Å². The van der Waals surface area contributed by atoms with E-state index < -0.39 is 17.8 Å². The largest absolute Gasteiger partial charge is 0.356 e. The van der Waals surface area contributed by atoms with Crippen molar-refractivity contribution < 1.29 is 14.4 Å². The molecule has 0 aliphatic carbocycles. The second-order valence-electron chi connectivity index (χ2n) is 7.42. The third-order valence-corrected chi connectivity index (χ3v) is 5.25. The third kappa shape index (κ3) is 4.58. The Bertz CT molecular complexity index is 918. The Morgan fingerprint density at radius 3 is 1.84 bits per heavy atom. The number of amides is 4. The van der Waals surface area contributed by atoms with Crippen LogP contribution in [0.2, 0.25) is 0 Å². The number of anilines is 2. The number of rotatable bonds is 2. The number of para-hydroxylation sites is 2. The zero-order valence-corrected chi connectivity index (χ0v) is 17.2. The van der Waals surface area contributed by atoms with E-state index >= 15 is 0 Å². The number of nitrogens with zero attached hydrogens (tertiary/aromatic N) is 4. The van der Waals surface area contributed by atoms with Crippen LogP contribution >= 0.6 is 0 Å². The monoisotopic (exact) mass is 419 g/mol. The van der Waals surface area contributed by atoms with E-state index in [0.717, 1.165) is 28.8 Å². The van der Waals surface area contributed by atoms with E-state index in [1.807, 2.05) is 0 Å². The second-order valence-corrected chi connectivity index (χ2v) is 7.42. The molecule has 2 fully saturated rings. The van der Waals surface area contributed by atoms with E-state index in [4.69, 9.17) is 0 Å². The van der Waals surface area contributed by atoms with Gasteiger partial charge in [0.25, 0.3) is 0 Å². The minimum absolute atomic E-state index is 0.324. The number of urea groups is 1. The van der Waals surface area contributed by atoms with Crippen molar-refractivity contribution in [2.75, 3.05) is 36.0 Å². The first-order valence-corrected chi connectivity index (χ1v) is 10.5.